The van der Waals surface area contributed by atoms with Crippen molar-refractivity contribution in [2.75, 3.05) is 42.9 Å². The number of nitrogens with two attached hydrogens (primary N) is 1. The van der Waals surface area contributed by atoms with Crippen molar-refractivity contribution in [1.82, 2.24) is 25.3 Å². The van der Waals surface area contributed by atoms with Crippen LogP contribution < -0.4 is 26.6 Å². The van der Waals surface area contributed by atoms with Gasteiger partial charge in [0.2, 0.25) is 17.7 Å². The number of nitrogens with one attached hydrogen (secondary N) is 3. The van der Waals surface area contributed by atoms with E-state index in [0.29, 0.717) is 42.6 Å². The first-order valence-electron chi connectivity index (χ1n) is 21.8. The molecule has 3 aromatic rings. The van der Waals surface area contributed by atoms with Crippen LogP contribution in [-0.4, -0.2) is 106 Å². The van der Waals surface area contributed by atoms with Gasteiger partial charge in [-0.2, -0.15) is 0 Å². The summed E-state index contributed by atoms with van der Waals surface area (Å²) >= 11 is 0. The molecule has 14 heteroatoms. The number of allylic oxidation sites excluding steroid dienone is 1. The number of para-hydroxylation sites is 1. The molecule has 6 aliphatic rings. The lowest BCUT2D eigenvalue weighted by atomic mass is 9.89. The molecule has 4 fully saturated rings. The summed E-state index contributed by atoms with van der Waals surface area (Å²) in [5.41, 5.74) is 13.0. The number of phenols is 1. The van der Waals surface area contributed by atoms with Crippen molar-refractivity contribution in [2.24, 2.45) is 11.7 Å². The number of imide groups is 2. The molecule has 0 radical (unpaired) electrons. The monoisotopic (exact) mass is 826 g/mol. The summed E-state index contributed by atoms with van der Waals surface area (Å²) in [6, 6.07) is 21.2. The van der Waals surface area contributed by atoms with E-state index < -0.39 is 29.7 Å². The Bertz CT molecular complexity index is 2320. The van der Waals surface area contributed by atoms with E-state index in [1.54, 1.807) is 24.3 Å². The van der Waals surface area contributed by atoms with Crippen molar-refractivity contribution < 1.29 is 29.1 Å². The van der Waals surface area contributed by atoms with Crippen molar-refractivity contribution >= 4 is 46.5 Å². The number of likely N-dealkylation sites (tertiary alicyclic amines) is 2. The highest BCUT2D eigenvalue weighted by molar-refractivity contribution is 6.25. The lowest BCUT2D eigenvalue weighted by Gasteiger charge is -2.45. The first kappa shape index (κ1) is 40.1. The second kappa shape index (κ2) is 16.6. The first-order chi connectivity index (χ1) is 29.6. The quantitative estimate of drug-likeness (QED) is 0.174. The van der Waals surface area contributed by atoms with Crippen molar-refractivity contribution in [1.29, 1.82) is 0 Å². The van der Waals surface area contributed by atoms with Gasteiger partial charge in [0.15, 0.2) is 0 Å². The maximum Gasteiger partial charge on any atom is 0.264 e. The van der Waals surface area contributed by atoms with Gasteiger partial charge in [-0.25, -0.2) is 0 Å². The van der Waals surface area contributed by atoms with Gasteiger partial charge in [-0.1, -0.05) is 43.3 Å². The predicted octanol–water partition coefficient (Wildman–Crippen LogP) is 4.32. The van der Waals surface area contributed by atoms with Gasteiger partial charge in [-0.05, 0) is 98.4 Å². The van der Waals surface area contributed by atoms with Gasteiger partial charge >= 0.3 is 0 Å². The number of amides is 5. The summed E-state index contributed by atoms with van der Waals surface area (Å²) < 4.78 is 0. The minimum atomic E-state index is -1.04. The van der Waals surface area contributed by atoms with Crippen molar-refractivity contribution in [3.63, 3.8) is 0 Å². The number of piperazine rings is 1. The molecule has 14 nitrogen and oxygen atoms in total. The minimum absolute atomic E-state index is 0.0299. The number of benzene rings is 3. The van der Waals surface area contributed by atoms with Crippen LogP contribution in [0.15, 0.2) is 84.3 Å². The van der Waals surface area contributed by atoms with Gasteiger partial charge in [0.1, 0.15) is 17.6 Å². The van der Waals surface area contributed by atoms with Gasteiger partial charge < -0.3 is 36.2 Å². The highest BCUT2D eigenvalue weighted by atomic mass is 16.3. The maximum absolute atomic E-state index is 13.4. The number of aromatic hydroxyl groups is 1. The molecule has 61 heavy (non-hydrogen) atoms. The number of dihydropyridines is 1. The molecular weight excluding hydrogens is 773 g/mol. The van der Waals surface area contributed by atoms with E-state index in [-0.39, 0.29) is 54.6 Å². The molecule has 6 N–H and O–H groups in total. The third-order valence-electron chi connectivity index (χ3n) is 13.5. The van der Waals surface area contributed by atoms with Crippen LogP contribution in [0.5, 0.6) is 5.75 Å². The summed E-state index contributed by atoms with van der Waals surface area (Å²) in [5.74, 6) is -0.726. The molecule has 6 heterocycles. The number of phenolic OH excluding ortho intramolecular Hbond substituents is 1. The smallest absolute Gasteiger partial charge is 0.264 e. The number of rotatable bonds is 11. The van der Waals surface area contributed by atoms with Crippen LogP contribution in [-0.2, 0) is 20.8 Å². The number of nitrogens with zero attached hydrogens (tertiary/aromatic N) is 4. The van der Waals surface area contributed by atoms with E-state index in [1.165, 1.54) is 11.3 Å². The highest BCUT2D eigenvalue weighted by Crippen LogP contribution is 2.40. The molecular formula is C47H54N8O6. The number of anilines is 2. The topological polar surface area (TPSA) is 181 Å². The number of carbonyl (C=O) groups is 5. The van der Waals surface area contributed by atoms with Gasteiger partial charge in [0.05, 0.1) is 22.9 Å². The Balaban J connectivity index is 0.771. The normalized spacial score (nSPS) is 24.2. The summed E-state index contributed by atoms with van der Waals surface area (Å²) in [6.45, 7) is 5.54. The molecule has 4 unspecified atom stereocenters. The van der Waals surface area contributed by atoms with Crippen LogP contribution in [0, 0.1) is 5.92 Å². The third-order valence-corrected chi connectivity index (χ3v) is 13.5. The van der Waals surface area contributed by atoms with Crippen LogP contribution in [0.4, 0.5) is 11.4 Å². The van der Waals surface area contributed by atoms with Crippen LogP contribution >= 0.6 is 0 Å². The van der Waals surface area contributed by atoms with Gasteiger partial charge in [0.25, 0.3) is 11.8 Å². The molecule has 0 aliphatic carbocycles. The summed E-state index contributed by atoms with van der Waals surface area (Å²) in [4.78, 5) is 72.0. The molecule has 2 bridgehead atoms. The second-order valence-electron chi connectivity index (χ2n) is 17.3. The van der Waals surface area contributed by atoms with Crippen LogP contribution in [0.25, 0.3) is 5.57 Å². The fourth-order valence-corrected chi connectivity index (χ4v) is 10.4. The number of hydrogen-bond donors (Lipinski definition) is 5. The zero-order chi connectivity index (χ0) is 42.4. The Labute approximate surface area is 355 Å². The SMILES string of the molecule is CCC1NC(N)=C(N2CC3CCC(C2)N3c2cccc(CC3CCN(C(=O)CCNc4cccc5c4C(=O)N(C4CCC(=O)NC4=O)C5=O)CC3)c2)C=C1c1ccccc1O. The molecule has 5 amide bonds. The lowest BCUT2D eigenvalue weighted by Crippen LogP contribution is -2.54. The van der Waals surface area contributed by atoms with Gasteiger partial charge in [0, 0.05) is 74.6 Å². The highest BCUT2D eigenvalue weighted by Gasteiger charge is 2.46. The molecule has 0 saturated carbocycles. The van der Waals surface area contributed by atoms with E-state index in [1.807, 2.05) is 23.1 Å². The molecule has 4 atom stereocenters. The molecule has 9 rings (SSSR count). The van der Waals surface area contributed by atoms with E-state index in [0.717, 1.165) is 73.3 Å². The molecule has 3 aromatic carbocycles. The summed E-state index contributed by atoms with van der Waals surface area (Å²) in [6.07, 6.45) is 8.46. The van der Waals surface area contributed by atoms with E-state index in [9.17, 15) is 29.1 Å². The molecule has 0 spiro atoms. The molecule has 4 saturated heterocycles. The summed E-state index contributed by atoms with van der Waals surface area (Å²) in [5, 5.41) is 19.7. The van der Waals surface area contributed by atoms with E-state index in [2.05, 4.69) is 63.0 Å². The fourth-order valence-electron chi connectivity index (χ4n) is 10.4. The third kappa shape index (κ3) is 7.68. The van der Waals surface area contributed by atoms with Crippen LogP contribution in [0.1, 0.15) is 90.1 Å². The Hall–Kier alpha value is -6.31. The lowest BCUT2D eigenvalue weighted by molar-refractivity contribution is -0.136. The van der Waals surface area contributed by atoms with Crippen molar-refractivity contribution in [3.05, 3.63) is 107 Å². The average molecular weight is 827 g/mol. The Kier molecular flexibility index (Phi) is 10.9. The number of carbonyl (C=O) groups excluding carboxylic acids is 5. The molecule has 318 valence electrons. The zero-order valence-electron chi connectivity index (χ0n) is 34.6. The predicted molar refractivity (Wildman–Crippen MR) is 231 cm³/mol. The molecule has 0 aromatic heterocycles. The van der Waals surface area contributed by atoms with E-state index >= 15 is 0 Å². The van der Waals surface area contributed by atoms with Crippen molar-refractivity contribution in [3.8, 4) is 5.75 Å². The zero-order valence-corrected chi connectivity index (χ0v) is 34.6. The number of hydrogen-bond acceptors (Lipinski definition) is 11. The first-order valence-corrected chi connectivity index (χ1v) is 21.8. The Morgan fingerprint density at radius 1 is 0.885 bits per heavy atom. The maximum atomic E-state index is 13.4. The minimum Gasteiger partial charge on any atom is -0.507 e. The largest absolute Gasteiger partial charge is 0.507 e. The summed E-state index contributed by atoms with van der Waals surface area (Å²) in [7, 11) is 0. The standard InChI is InChI=1S/C47H54N8O6/c1-2-36-35(33-9-3-4-12-40(33)56)25-39(44(48)50-36)53-26-31-13-14-32(27-53)54(31)30-8-5-7-29(24-30)23-28-18-21-52(22-19-28)42(58)17-20-49-37-11-6-10-34-43(37)47(61)55(46(34)60)38-15-16-41(57)51-45(38)59/h3-12,24-25,28,31-32,36,38,49-50,56H,2,13-23,26-27,48H2,1H3,(H,51,57,59). The van der Waals surface area contributed by atoms with Crippen molar-refractivity contribution in [2.45, 2.75) is 88.9 Å². The molecule has 6 aliphatic heterocycles. The second-order valence-corrected chi connectivity index (χ2v) is 17.3. The fraction of sp³-hybridized carbons (Fsp3) is 0.426. The van der Waals surface area contributed by atoms with Gasteiger partial charge in [-0.15, -0.1) is 0 Å². The van der Waals surface area contributed by atoms with Crippen LogP contribution in [0.2, 0.25) is 0 Å². The Morgan fingerprint density at radius 3 is 2.36 bits per heavy atom. The Morgan fingerprint density at radius 2 is 1.62 bits per heavy atom. The van der Waals surface area contributed by atoms with Crippen LogP contribution in [0.3, 0.4) is 0 Å². The number of fused-ring (bicyclic) bond motifs is 3. The van der Waals surface area contributed by atoms with Gasteiger partial charge in [-0.3, -0.25) is 34.2 Å². The number of piperidine rings is 2. The van der Waals surface area contributed by atoms with E-state index in [4.69, 9.17) is 5.73 Å². The average Bonchev–Trinajstić information content (AvgIpc) is 3.68.